The van der Waals surface area contributed by atoms with Gasteiger partial charge in [0.1, 0.15) is 0 Å². The molecule has 0 atom stereocenters. The molecule has 0 aliphatic carbocycles. The number of fused-ring (bicyclic) bond motifs is 9. The first-order valence-electron chi connectivity index (χ1n) is 13.5. The second kappa shape index (κ2) is 8.01. The van der Waals surface area contributed by atoms with E-state index in [1.54, 1.807) is 0 Å². The minimum atomic E-state index is 0.686. The highest BCUT2D eigenvalue weighted by atomic mass is 15.2. The van der Waals surface area contributed by atoms with Gasteiger partial charge < -0.3 is 4.57 Å². The summed E-state index contributed by atoms with van der Waals surface area (Å²) in [6.07, 6.45) is 1.91. The molecule has 3 aromatic heterocycles. The number of hydrogen-bond donors (Lipinski definition) is 0. The molecule has 40 heavy (non-hydrogen) atoms. The first-order chi connectivity index (χ1) is 19.8. The predicted molar refractivity (Wildman–Crippen MR) is 166 cm³/mol. The normalized spacial score (nSPS) is 12.0. The van der Waals surface area contributed by atoms with Crippen LogP contribution in [0.2, 0.25) is 0 Å². The standard InChI is InChI=1S/C36H22N4/c1-5-13-30-24(9-1)22-37-36(38-30)40-33-16-8-4-12-29(33)35-26-19-18-25(21-23(26)17-20-34(35)40)39-31-14-6-2-10-27(31)28-11-3-7-15-32(28)39/h1-22H. The van der Waals surface area contributed by atoms with Crippen LogP contribution in [-0.4, -0.2) is 19.1 Å². The van der Waals surface area contributed by atoms with Crippen LogP contribution in [0.3, 0.4) is 0 Å². The molecule has 0 aliphatic heterocycles. The Kier molecular flexibility index (Phi) is 4.30. The van der Waals surface area contributed by atoms with Gasteiger partial charge in [-0.2, -0.15) is 0 Å². The molecular weight excluding hydrogens is 488 g/mol. The predicted octanol–water partition coefficient (Wildman–Crippen LogP) is 8.98. The second-order valence-corrected chi connectivity index (χ2v) is 10.3. The molecule has 0 saturated carbocycles. The summed E-state index contributed by atoms with van der Waals surface area (Å²) in [5.41, 5.74) is 6.74. The Morgan fingerprint density at radius 1 is 0.450 bits per heavy atom. The van der Waals surface area contributed by atoms with Gasteiger partial charge in [-0.15, -0.1) is 0 Å². The Balaban J connectivity index is 1.33. The second-order valence-electron chi connectivity index (χ2n) is 10.3. The highest BCUT2D eigenvalue weighted by molar-refractivity contribution is 6.21. The van der Waals surface area contributed by atoms with E-state index in [1.807, 2.05) is 30.5 Å². The van der Waals surface area contributed by atoms with Crippen molar-refractivity contribution in [3.63, 3.8) is 0 Å². The van der Waals surface area contributed by atoms with E-state index < -0.39 is 0 Å². The van der Waals surface area contributed by atoms with E-state index in [9.17, 15) is 0 Å². The number of rotatable bonds is 2. The summed E-state index contributed by atoms with van der Waals surface area (Å²) in [6, 6.07) is 45.3. The zero-order valence-corrected chi connectivity index (χ0v) is 21.5. The monoisotopic (exact) mass is 510 g/mol. The number of hydrogen-bond acceptors (Lipinski definition) is 2. The molecule has 0 bridgehead atoms. The van der Waals surface area contributed by atoms with E-state index in [1.165, 1.54) is 43.4 Å². The fraction of sp³-hybridized carbons (Fsp3) is 0. The molecule has 0 saturated heterocycles. The molecule has 0 fully saturated rings. The molecule has 0 unspecified atom stereocenters. The third kappa shape index (κ3) is 2.90. The first kappa shape index (κ1) is 21.5. The maximum Gasteiger partial charge on any atom is 0.235 e. The molecule has 9 aromatic rings. The Bertz CT molecular complexity index is 2390. The zero-order chi connectivity index (χ0) is 26.2. The van der Waals surface area contributed by atoms with Crippen LogP contribution in [0.5, 0.6) is 0 Å². The molecule has 3 heterocycles. The van der Waals surface area contributed by atoms with Gasteiger partial charge in [0.25, 0.3) is 0 Å². The smallest absolute Gasteiger partial charge is 0.235 e. The maximum absolute atomic E-state index is 4.95. The molecule has 6 aromatic carbocycles. The number of para-hydroxylation sites is 4. The van der Waals surface area contributed by atoms with Gasteiger partial charge in [-0.05, 0) is 53.2 Å². The average molecular weight is 511 g/mol. The highest BCUT2D eigenvalue weighted by Gasteiger charge is 2.17. The number of benzene rings is 6. The van der Waals surface area contributed by atoms with E-state index >= 15 is 0 Å². The minimum Gasteiger partial charge on any atom is -0.309 e. The lowest BCUT2D eigenvalue weighted by Crippen LogP contribution is -2.00. The molecular formula is C36H22N4. The van der Waals surface area contributed by atoms with Gasteiger partial charge in [-0.3, -0.25) is 4.57 Å². The molecule has 0 spiro atoms. The topological polar surface area (TPSA) is 35.6 Å². The molecule has 0 amide bonds. The summed E-state index contributed by atoms with van der Waals surface area (Å²) in [4.78, 5) is 9.74. The van der Waals surface area contributed by atoms with Crippen LogP contribution in [0.1, 0.15) is 0 Å². The van der Waals surface area contributed by atoms with E-state index in [4.69, 9.17) is 9.97 Å². The average Bonchev–Trinajstić information content (AvgIpc) is 3.54. The minimum absolute atomic E-state index is 0.686. The van der Waals surface area contributed by atoms with Crippen molar-refractivity contribution < 1.29 is 0 Å². The van der Waals surface area contributed by atoms with Crippen LogP contribution in [0.15, 0.2) is 134 Å². The summed E-state index contributed by atoms with van der Waals surface area (Å²) in [5.74, 6) is 0.686. The molecule has 9 rings (SSSR count). The van der Waals surface area contributed by atoms with Gasteiger partial charge in [0.2, 0.25) is 5.95 Å². The van der Waals surface area contributed by atoms with Gasteiger partial charge in [-0.25, -0.2) is 9.97 Å². The van der Waals surface area contributed by atoms with Crippen LogP contribution in [0, 0.1) is 0 Å². The summed E-state index contributed by atoms with van der Waals surface area (Å²) in [5, 5.41) is 8.42. The third-order valence-corrected chi connectivity index (χ3v) is 8.15. The largest absolute Gasteiger partial charge is 0.309 e. The van der Waals surface area contributed by atoms with Crippen molar-refractivity contribution in [3.05, 3.63) is 134 Å². The van der Waals surface area contributed by atoms with Crippen molar-refractivity contribution in [2.75, 3.05) is 0 Å². The van der Waals surface area contributed by atoms with Gasteiger partial charge in [0.05, 0.1) is 27.6 Å². The van der Waals surface area contributed by atoms with E-state index in [0.717, 1.165) is 27.6 Å². The zero-order valence-electron chi connectivity index (χ0n) is 21.5. The SMILES string of the molecule is c1ccc2nc(-n3c4ccccc4c4c5ccc(-n6c7ccccc7c7ccccc76)cc5ccc43)ncc2c1. The highest BCUT2D eigenvalue weighted by Crippen LogP contribution is 2.38. The van der Waals surface area contributed by atoms with Crippen LogP contribution >= 0.6 is 0 Å². The van der Waals surface area contributed by atoms with Crippen LogP contribution in [0.25, 0.3) is 76.9 Å². The van der Waals surface area contributed by atoms with Crippen LogP contribution < -0.4 is 0 Å². The Morgan fingerprint density at radius 2 is 1.10 bits per heavy atom. The summed E-state index contributed by atoms with van der Waals surface area (Å²) >= 11 is 0. The van der Waals surface area contributed by atoms with Crippen molar-refractivity contribution in [2.24, 2.45) is 0 Å². The molecule has 186 valence electrons. The molecule has 0 N–H and O–H groups in total. The van der Waals surface area contributed by atoms with E-state index in [2.05, 4.69) is 112 Å². The lowest BCUT2D eigenvalue weighted by molar-refractivity contribution is 1.01. The summed E-state index contributed by atoms with van der Waals surface area (Å²) < 4.78 is 4.57. The summed E-state index contributed by atoms with van der Waals surface area (Å²) in [7, 11) is 0. The van der Waals surface area contributed by atoms with Gasteiger partial charge >= 0.3 is 0 Å². The number of nitrogens with zero attached hydrogens (tertiary/aromatic N) is 4. The van der Waals surface area contributed by atoms with Crippen molar-refractivity contribution >= 4 is 65.3 Å². The Hall–Kier alpha value is -5.48. The van der Waals surface area contributed by atoms with Crippen molar-refractivity contribution in [2.45, 2.75) is 0 Å². The van der Waals surface area contributed by atoms with Gasteiger partial charge in [0, 0.05) is 38.8 Å². The first-order valence-corrected chi connectivity index (χ1v) is 13.5. The molecule has 0 aliphatic rings. The van der Waals surface area contributed by atoms with Gasteiger partial charge in [0.15, 0.2) is 0 Å². The fourth-order valence-electron chi connectivity index (χ4n) is 6.41. The van der Waals surface area contributed by atoms with Crippen LogP contribution in [-0.2, 0) is 0 Å². The lowest BCUT2D eigenvalue weighted by Gasteiger charge is -2.11. The van der Waals surface area contributed by atoms with E-state index in [0.29, 0.717) is 5.95 Å². The fourth-order valence-corrected chi connectivity index (χ4v) is 6.41. The Morgan fingerprint density at radius 3 is 1.88 bits per heavy atom. The molecule has 4 heteroatoms. The van der Waals surface area contributed by atoms with Gasteiger partial charge in [-0.1, -0.05) is 84.9 Å². The number of aromatic nitrogens is 4. The molecule has 4 nitrogen and oxygen atoms in total. The Labute approximate surface area is 229 Å². The molecule has 0 radical (unpaired) electrons. The summed E-state index contributed by atoms with van der Waals surface area (Å²) in [6.45, 7) is 0. The third-order valence-electron chi connectivity index (χ3n) is 8.15. The van der Waals surface area contributed by atoms with Crippen molar-refractivity contribution in [1.29, 1.82) is 0 Å². The lowest BCUT2D eigenvalue weighted by atomic mass is 10.0. The van der Waals surface area contributed by atoms with Crippen LogP contribution in [0.4, 0.5) is 0 Å². The van der Waals surface area contributed by atoms with Crippen molar-refractivity contribution in [1.82, 2.24) is 19.1 Å². The maximum atomic E-state index is 4.95. The quantitative estimate of drug-likeness (QED) is 0.233. The van der Waals surface area contributed by atoms with E-state index in [-0.39, 0.29) is 0 Å². The van der Waals surface area contributed by atoms with Crippen molar-refractivity contribution in [3.8, 4) is 11.6 Å².